The van der Waals surface area contributed by atoms with Gasteiger partial charge in [-0.3, -0.25) is 9.59 Å². The first-order valence-corrected chi connectivity index (χ1v) is 7.18. The first-order valence-electron chi connectivity index (χ1n) is 7.18. The molecule has 2 rings (SSSR count). The minimum absolute atomic E-state index is 0.0435. The average Bonchev–Trinajstić information content (AvgIpc) is 2.49. The molecule has 0 saturated carbocycles. The number of aliphatic carboxylic acids is 1. The van der Waals surface area contributed by atoms with Crippen molar-refractivity contribution in [3.05, 3.63) is 65.7 Å². The van der Waals surface area contributed by atoms with Gasteiger partial charge in [0.05, 0.1) is 5.92 Å². The van der Waals surface area contributed by atoms with Crippen LogP contribution in [0.4, 0.5) is 5.69 Å². The van der Waals surface area contributed by atoms with E-state index >= 15 is 0 Å². The largest absolute Gasteiger partial charge is 0.481 e. The fourth-order valence-electron chi connectivity index (χ4n) is 2.21. The molecule has 2 N–H and O–H groups in total. The molecule has 2 aromatic carbocycles. The van der Waals surface area contributed by atoms with Crippen molar-refractivity contribution in [2.24, 2.45) is 5.92 Å². The lowest BCUT2D eigenvalue weighted by Gasteiger charge is -2.13. The number of amides is 1. The summed E-state index contributed by atoms with van der Waals surface area (Å²) >= 11 is 0. The van der Waals surface area contributed by atoms with Crippen molar-refractivity contribution in [1.29, 1.82) is 0 Å². The summed E-state index contributed by atoms with van der Waals surface area (Å²) in [6.45, 7) is 1.98. The number of carboxylic acid groups (broad SMARTS) is 1. The quantitative estimate of drug-likeness (QED) is 0.860. The van der Waals surface area contributed by atoms with E-state index in [1.807, 2.05) is 49.4 Å². The molecule has 0 aliphatic heterocycles. The molecule has 1 amide bonds. The van der Waals surface area contributed by atoms with Gasteiger partial charge in [0.25, 0.3) is 0 Å². The van der Waals surface area contributed by atoms with Crippen LogP contribution in [0.5, 0.6) is 0 Å². The van der Waals surface area contributed by atoms with E-state index in [0.29, 0.717) is 12.1 Å². The Morgan fingerprint density at radius 3 is 2.27 bits per heavy atom. The highest BCUT2D eigenvalue weighted by atomic mass is 16.4. The van der Waals surface area contributed by atoms with E-state index in [4.69, 9.17) is 0 Å². The molecule has 22 heavy (non-hydrogen) atoms. The molecule has 0 saturated heterocycles. The minimum Gasteiger partial charge on any atom is -0.481 e. The van der Waals surface area contributed by atoms with E-state index in [1.54, 1.807) is 12.1 Å². The van der Waals surface area contributed by atoms with Crippen molar-refractivity contribution >= 4 is 17.6 Å². The van der Waals surface area contributed by atoms with Crippen molar-refractivity contribution in [3.8, 4) is 0 Å². The van der Waals surface area contributed by atoms with E-state index in [1.165, 1.54) is 0 Å². The van der Waals surface area contributed by atoms with Crippen LogP contribution in [-0.2, 0) is 16.0 Å². The topological polar surface area (TPSA) is 66.4 Å². The van der Waals surface area contributed by atoms with Crippen LogP contribution in [0.25, 0.3) is 0 Å². The summed E-state index contributed by atoms with van der Waals surface area (Å²) in [5.41, 5.74) is 2.72. The van der Waals surface area contributed by atoms with Crippen LogP contribution in [0.1, 0.15) is 17.5 Å². The zero-order chi connectivity index (χ0) is 15.9. The standard InChI is InChI=1S/C18H19NO3/c1-13-7-9-14(10-8-13)11-15(18(21)22)12-17(20)19-16-5-3-2-4-6-16/h2-10,15H,11-12H2,1H3,(H,19,20)(H,21,22). The third-order valence-electron chi connectivity index (χ3n) is 3.44. The van der Waals surface area contributed by atoms with Crippen LogP contribution in [0.15, 0.2) is 54.6 Å². The van der Waals surface area contributed by atoms with Gasteiger partial charge in [0, 0.05) is 12.1 Å². The highest BCUT2D eigenvalue weighted by molar-refractivity contribution is 5.93. The van der Waals surface area contributed by atoms with Gasteiger partial charge in [-0.25, -0.2) is 0 Å². The van der Waals surface area contributed by atoms with Gasteiger partial charge < -0.3 is 10.4 Å². The second-order valence-corrected chi connectivity index (χ2v) is 5.34. The van der Waals surface area contributed by atoms with Crippen LogP contribution in [0.3, 0.4) is 0 Å². The first kappa shape index (κ1) is 15.8. The Labute approximate surface area is 129 Å². The molecule has 4 nitrogen and oxygen atoms in total. The SMILES string of the molecule is Cc1ccc(CC(CC(=O)Nc2ccccc2)C(=O)O)cc1. The second kappa shape index (κ2) is 7.41. The van der Waals surface area contributed by atoms with Gasteiger partial charge in [-0.1, -0.05) is 48.0 Å². The van der Waals surface area contributed by atoms with Crippen molar-refractivity contribution in [1.82, 2.24) is 0 Å². The summed E-state index contributed by atoms with van der Waals surface area (Å²) in [5.74, 6) is -1.97. The van der Waals surface area contributed by atoms with Gasteiger partial charge >= 0.3 is 5.97 Å². The monoisotopic (exact) mass is 297 g/mol. The van der Waals surface area contributed by atoms with E-state index in [9.17, 15) is 14.7 Å². The molecule has 4 heteroatoms. The number of carbonyl (C=O) groups is 2. The molecular weight excluding hydrogens is 278 g/mol. The van der Waals surface area contributed by atoms with Crippen LogP contribution in [0, 0.1) is 12.8 Å². The Bertz CT molecular complexity index is 635. The second-order valence-electron chi connectivity index (χ2n) is 5.34. The normalized spacial score (nSPS) is 11.7. The number of rotatable bonds is 6. The highest BCUT2D eigenvalue weighted by Crippen LogP contribution is 2.15. The lowest BCUT2D eigenvalue weighted by atomic mass is 9.95. The van der Waals surface area contributed by atoms with Crippen molar-refractivity contribution in [2.75, 3.05) is 5.32 Å². The molecular formula is C18H19NO3. The van der Waals surface area contributed by atoms with Gasteiger partial charge in [-0.2, -0.15) is 0 Å². The molecule has 1 unspecified atom stereocenters. The Morgan fingerprint density at radius 2 is 1.68 bits per heavy atom. The van der Waals surface area contributed by atoms with Gasteiger partial charge in [-0.15, -0.1) is 0 Å². The molecule has 0 aromatic heterocycles. The highest BCUT2D eigenvalue weighted by Gasteiger charge is 2.21. The van der Waals surface area contributed by atoms with Gasteiger partial charge in [-0.05, 0) is 31.0 Å². The van der Waals surface area contributed by atoms with Crippen LogP contribution >= 0.6 is 0 Å². The molecule has 0 aliphatic rings. The van der Waals surface area contributed by atoms with Gasteiger partial charge in [0.2, 0.25) is 5.91 Å². The van der Waals surface area contributed by atoms with Gasteiger partial charge in [0.1, 0.15) is 0 Å². The number of carboxylic acids is 1. The van der Waals surface area contributed by atoms with Crippen molar-refractivity contribution in [2.45, 2.75) is 19.8 Å². The summed E-state index contributed by atoms with van der Waals surface area (Å²) in [4.78, 5) is 23.4. The summed E-state index contributed by atoms with van der Waals surface area (Å²) in [6.07, 6.45) is 0.302. The number of carbonyl (C=O) groups excluding carboxylic acids is 1. The molecule has 1 atom stereocenters. The zero-order valence-corrected chi connectivity index (χ0v) is 12.5. The first-order chi connectivity index (χ1) is 10.5. The molecule has 0 aliphatic carbocycles. The summed E-state index contributed by atoms with van der Waals surface area (Å²) < 4.78 is 0. The lowest BCUT2D eigenvalue weighted by molar-refractivity contribution is -0.143. The fraction of sp³-hybridized carbons (Fsp3) is 0.222. The minimum atomic E-state index is -0.955. The van der Waals surface area contributed by atoms with Crippen LogP contribution in [0.2, 0.25) is 0 Å². The maximum atomic E-state index is 12.0. The Morgan fingerprint density at radius 1 is 1.05 bits per heavy atom. The average molecular weight is 297 g/mol. The van der Waals surface area contributed by atoms with Gasteiger partial charge in [0.15, 0.2) is 0 Å². The molecule has 0 spiro atoms. The Hall–Kier alpha value is -2.62. The summed E-state index contributed by atoms with van der Waals surface area (Å²) in [7, 11) is 0. The molecule has 114 valence electrons. The molecule has 0 bridgehead atoms. The lowest BCUT2D eigenvalue weighted by Crippen LogP contribution is -2.24. The van der Waals surface area contributed by atoms with Crippen molar-refractivity contribution in [3.63, 3.8) is 0 Å². The smallest absolute Gasteiger partial charge is 0.307 e. The summed E-state index contributed by atoms with van der Waals surface area (Å²) in [6, 6.07) is 16.7. The number of hydrogen-bond donors (Lipinski definition) is 2. The Kier molecular flexibility index (Phi) is 5.31. The predicted molar refractivity (Wildman–Crippen MR) is 85.7 cm³/mol. The van der Waals surface area contributed by atoms with Crippen LogP contribution < -0.4 is 5.32 Å². The number of benzene rings is 2. The molecule has 0 fully saturated rings. The van der Waals surface area contributed by atoms with E-state index in [2.05, 4.69) is 5.32 Å². The maximum Gasteiger partial charge on any atom is 0.307 e. The summed E-state index contributed by atoms with van der Waals surface area (Å²) in [5, 5.41) is 12.0. The van der Waals surface area contributed by atoms with E-state index in [-0.39, 0.29) is 12.3 Å². The predicted octanol–water partition coefficient (Wildman–Crippen LogP) is 3.27. The number of nitrogens with one attached hydrogen (secondary N) is 1. The zero-order valence-electron chi connectivity index (χ0n) is 12.5. The van der Waals surface area contributed by atoms with Crippen molar-refractivity contribution < 1.29 is 14.7 Å². The third-order valence-corrected chi connectivity index (χ3v) is 3.44. The number of anilines is 1. The number of aryl methyl sites for hydroxylation is 1. The fourth-order valence-corrected chi connectivity index (χ4v) is 2.21. The molecule has 0 heterocycles. The molecule has 0 radical (unpaired) electrons. The third kappa shape index (κ3) is 4.74. The van der Waals surface area contributed by atoms with E-state index in [0.717, 1.165) is 11.1 Å². The number of para-hydroxylation sites is 1. The maximum absolute atomic E-state index is 12.0. The molecule has 2 aromatic rings. The van der Waals surface area contributed by atoms with Crippen LogP contribution in [-0.4, -0.2) is 17.0 Å². The Balaban J connectivity index is 1.98. The number of hydrogen-bond acceptors (Lipinski definition) is 2. The van der Waals surface area contributed by atoms with E-state index < -0.39 is 11.9 Å².